The predicted octanol–water partition coefficient (Wildman–Crippen LogP) is 3.20. The van der Waals surface area contributed by atoms with Gasteiger partial charge >= 0.3 is 0 Å². The lowest BCUT2D eigenvalue weighted by atomic mass is 10.1. The molecule has 0 bridgehead atoms. The molecule has 0 atom stereocenters. The lowest BCUT2D eigenvalue weighted by molar-refractivity contribution is -0.374. The van der Waals surface area contributed by atoms with E-state index >= 15 is 0 Å². The number of aryl methyl sites for hydroxylation is 2. The van der Waals surface area contributed by atoms with Crippen LogP contribution in [0.25, 0.3) is 0 Å². The fourth-order valence-corrected chi connectivity index (χ4v) is 5.64. The number of aromatic nitrogens is 1. The van der Waals surface area contributed by atoms with Crippen LogP contribution in [0.5, 0.6) is 0 Å². The number of benzene rings is 1. The molecule has 1 saturated heterocycles. The number of nitrogens with one attached hydrogen (secondary N) is 1. The van der Waals surface area contributed by atoms with E-state index in [1.807, 2.05) is 24.8 Å². The summed E-state index contributed by atoms with van der Waals surface area (Å²) in [7, 11) is -3.73. The Kier molecular flexibility index (Phi) is 6.15. The van der Waals surface area contributed by atoms with Gasteiger partial charge in [-0.2, -0.15) is 9.57 Å². The summed E-state index contributed by atoms with van der Waals surface area (Å²) in [6, 6.07) is 8.58. The van der Waals surface area contributed by atoms with Gasteiger partial charge in [0.25, 0.3) is 5.82 Å². The number of hydrogen-bond donors (Lipinski definition) is 0. The summed E-state index contributed by atoms with van der Waals surface area (Å²) in [6.07, 6.45) is 0.635. The monoisotopic (exact) mass is 439 g/mol. The smallest absolute Gasteiger partial charge is 0.259 e. The third-order valence-corrected chi connectivity index (χ3v) is 7.39. The maximum atomic E-state index is 13.1. The summed E-state index contributed by atoms with van der Waals surface area (Å²) in [6.45, 7) is 5.64. The molecule has 3 rings (SSSR count). The fraction of sp³-hybridized carbons (Fsp3) is 0.368. The molecule has 1 fully saturated rings. The van der Waals surface area contributed by atoms with Gasteiger partial charge in [0.15, 0.2) is 0 Å². The van der Waals surface area contributed by atoms with Gasteiger partial charge in [0.2, 0.25) is 10.0 Å². The maximum absolute atomic E-state index is 13.1. The van der Waals surface area contributed by atoms with Crippen LogP contribution in [0, 0.1) is 25.2 Å². The van der Waals surface area contributed by atoms with Gasteiger partial charge in [-0.25, -0.2) is 13.4 Å². The number of nitriles is 1. The topological polar surface area (TPSA) is 78.5 Å². The van der Waals surface area contributed by atoms with Gasteiger partial charge in [-0.3, -0.25) is 4.90 Å². The summed E-state index contributed by atoms with van der Waals surface area (Å²) in [4.78, 5) is 5.36. The number of nitrogens with zero attached hydrogens (tertiary/aromatic N) is 3. The van der Waals surface area contributed by atoms with Gasteiger partial charge in [0, 0.05) is 11.6 Å². The number of aromatic amines is 1. The van der Waals surface area contributed by atoms with E-state index < -0.39 is 10.0 Å². The van der Waals surface area contributed by atoms with Crippen molar-refractivity contribution in [1.29, 1.82) is 5.26 Å². The Balaban J connectivity index is 1.87. The van der Waals surface area contributed by atoms with Gasteiger partial charge in [0.1, 0.15) is 16.5 Å². The fourth-order valence-electron chi connectivity index (χ4n) is 3.43. The number of rotatable bonds is 3. The predicted molar refractivity (Wildman–Crippen MR) is 109 cm³/mol. The summed E-state index contributed by atoms with van der Waals surface area (Å²) in [5, 5.41) is 10.0. The lowest BCUT2D eigenvalue weighted by Crippen LogP contribution is -2.37. The van der Waals surface area contributed by atoms with E-state index in [9.17, 15) is 13.7 Å². The lowest BCUT2D eigenvalue weighted by Gasteiger charge is -2.20. The molecule has 1 aliphatic rings. The molecule has 0 radical (unpaired) electrons. The van der Waals surface area contributed by atoms with Crippen LogP contribution in [0.2, 0.25) is 10.0 Å². The Morgan fingerprint density at radius 2 is 1.86 bits per heavy atom. The highest BCUT2D eigenvalue weighted by Crippen LogP contribution is 2.28. The standard InChI is InChI=1S/C19H20Cl2N4O2S/c1-13-10-14(2)23-19(16(13)12-22)24-6-3-7-25(9-8-24)28(26,27)18-5-4-15(20)11-17(18)21/h4-5,10-11H,3,6-9H2,1-2H3/p+1. The van der Waals surface area contributed by atoms with Gasteiger partial charge in [-0.05, 0) is 50.1 Å². The Morgan fingerprint density at radius 3 is 2.54 bits per heavy atom. The highest BCUT2D eigenvalue weighted by Gasteiger charge is 2.32. The van der Waals surface area contributed by atoms with Crippen molar-refractivity contribution < 1.29 is 13.4 Å². The van der Waals surface area contributed by atoms with Crippen molar-refractivity contribution >= 4 is 39.0 Å². The molecule has 0 amide bonds. The first-order chi connectivity index (χ1) is 13.2. The van der Waals surface area contributed by atoms with E-state index in [4.69, 9.17) is 23.2 Å². The molecule has 2 aromatic rings. The number of hydrogen-bond acceptors (Lipinski definition) is 4. The van der Waals surface area contributed by atoms with Crippen LogP contribution >= 0.6 is 23.2 Å². The first-order valence-electron chi connectivity index (χ1n) is 8.88. The van der Waals surface area contributed by atoms with Crippen LogP contribution in [0.4, 0.5) is 5.82 Å². The number of halogens is 2. The minimum atomic E-state index is -3.73. The molecule has 9 heteroatoms. The Morgan fingerprint density at radius 1 is 1.11 bits per heavy atom. The van der Waals surface area contributed by atoms with Crippen molar-refractivity contribution in [2.75, 3.05) is 31.1 Å². The molecule has 1 aromatic carbocycles. The van der Waals surface area contributed by atoms with Crippen LogP contribution in [0.3, 0.4) is 0 Å². The quantitative estimate of drug-likeness (QED) is 0.735. The zero-order chi connectivity index (χ0) is 20.5. The molecule has 148 valence electrons. The van der Waals surface area contributed by atoms with Gasteiger partial charge in [0.05, 0.1) is 30.4 Å². The first kappa shape index (κ1) is 20.9. The van der Waals surface area contributed by atoms with Crippen LogP contribution in [-0.2, 0) is 10.0 Å². The molecule has 0 unspecified atom stereocenters. The van der Waals surface area contributed by atoms with E-state index in [1.54, 1.807) is 0 Å². The molecular weight excluding hydrogens is 419 g/mol. The summed E-state index contributed by atoms with van der Waals surface area (Å²) in [5.41, 5.74) is 2.44. The second-order valence-corrected chi connectivity index (χ2v) is 9.54. The first-order valence-corrected chi connectivity index (χ1v) is 11.1. The number of pyridine rings is 1. The third kappa shape index (κ3) is 4.11. The zero-order valence-corrected chi connectivity index (χ0v) is 18.0. The maximum Gasteiger partial charge on any atom is 0.293 e. The average molecular weight is 440 g/mol. The molecule has 1 aromatic heterocycles. The van der Waals surface area contributed by atoms with Crippen molar-refractivity contribution in [3.8, 4) is 6.07 Å². The van der Waals surface area contributed by atoms with Crippen LogP contribution in [0.1, 0.15) is 23.2 Å². The van der Waals surface area contributed by atoms with E-state index in [0.29, 0.717) is 43.2 Å². The number of H-pyrrole nitrogens is 1. The molecule has 2 heterocycles. The van der Waals surface area contributed by atoms with Crippen molar-refractivity contribution in [2.45, 2.75) is 25.2 Å². The average Bonchev–Trinajstić information content (AvgIpc) is 2.87. The molecule has 0 saturated carbocycles. The summed E-state index contributed by atoms with van der Waals surface area (Å²) < 4.78 is 27.6. The zero-order valence-electron chi connectivity index (χ0n) is 15.7. The minimum Gasteiger partial charge on any atom is -0.259 e. The van der Waals surface area contributed by atoms with Gasteiger partial charge < -0.3 is 0 Å². The van der Waals surface area contributed by atoms with Crippen molar-refractivity contribution in [2.24, 2.45) is 0 Å². The van der Waals surface area contributed by atoms with Crippen LogP contribution < -0.4 is 9.88 Å². The molecule has 1 aliphatic heterocycles. The van der Waals surface area contributed by atoms with Crippen molar-refractivity contribution in [1.82, 2.24) is 4.31 Å². The second-order valence-electron chi connectivity index (χ2n) is 6.79. The molecule has 0 spiro atoms. The molecular formula is C19H21Cl2N4O2S+. The largest absolute Gasteiger partial charge is 0.293 e. The van der Waals surface area contributed by atoms with E-state index in [-0.39, 0.29) is 9.92 Å². The van der Waals surface area contributed by atoms with Crippen molar-refractivity contribution in [3.63, 3.8) is 0 Å². The highest BCUT2D eigenvalue weighted by atomic mass is 35.5. The molecule has 28 heavy (non-hydrogen) atoms. The normalized spacial score (nSPS) is 15.9. The van der Waals surface area contributed by atoms with E-state index in [1.165, 1.54) is 22.5 Å². The summed E-state index contributed by atoms with van der Waals surface area (Å²) in [5.74, 6) is 0.740. The molecule has 1 N–H and O–H groups in total. The second kappa shape index (κ2) is 8.26. The van der Waals surface area contributed by atoms with Gasteiger partial charge in [-0.15, -0.1) is 0 Å². The highest BCUT2D eigenvalue weighted by molar-refractivity contribution is 7.89. The van der Waals surface area contributed by atoms with E-state index in [2.05, 4.69) is 11.1 Å². The van der Waals surface area contributed by atoms with Crippen molar-refractivity contribution in [3.05, 3.63) is 51.1 Å². The number of sulfonamides is 1. The molecule has 6 nitrogen and oxygen atoms in total. The van der Waals surface area contributed by atoms with Crippen LogP contribution in [0.15, 0.2) is 29.2 Å². The van der Waals surface area contributed by atoms with Gasteiger partial charge in [-0.1, -0.05) is 23.2 Å². The minimum absolute atomic E-state index is 0.0580. The number of anilines is 1. The van der Waals surface area contributed by atoms with E-state index in [0.717, 1.165) is 17.1 Å². The Labute approximate surface area is 175 Å². The van der Waals surface area contributed by atoms with Crippen LogP contribution in [-0.4, -0.2) is 38.9 Å². The SMILES string of the molecule is Cc1cc(C)c(C#N)c(N2CCCN(S(=O)(=O)c3ccc(Cl)cc3Cl)CC2)[nH+]1. The Hall–Kier alpha value is -1.85. The third-order valence-electron chi connectivity index (χ3n) is 4.77. The summed E-state index contributed by atoms with van der Waals surface area (Å²) >= 11 is 12.0. The Bertz CT molecular complexity index is 1050. The molecule has 0 aliphatic carbocycles.